The first-order valence-electron chi connectivity index (χ1n) is 10.2. The fraction of sp³-hybridized carbons (Fsp3) is 0.632. The van der Waals surface area contributed by atoms with Crippen molar-refractivity contribution in [3.05, 3.63) is 30.2 Å². The van der Waals surface area contributed by atoms with Crippen molar-refractivity contribution >= 4 is 0 Å². The highest BCUT2D eigenvalue weighted by atomic mass is 15.4. The number of aromatic nitrogens is 8. The molecule has 0 spiro atoms. The van der Waals surface area contributed by atoms with Gasteiger partial charge in [0.05, 0.1) is 12.2 Å². The number of hydrogen-bond donors (Lipinski definition) is 0. The zero-order chi connectivity index (χ0) is 19.3. The SMILES string of the molecule is CCCc1cc(-c2nc(Cn3cncn3)nn2CCN2CCCCC2)n(C)n1. The van der Waals surface area contributed by atoms with E-state index in [9.17, 15) is 0 Å². The number of hydrogen-bond acceptors (Lipinski definition) is 6. The minimum absolute atomic E-state index is 0.517. The summed E-state index contributed by atoms with van der Waals surface area (Å²) in [4.78, 5) is 11.4. The number of nitrogens with zero attached hydrogens (tertiary/aromatic N) is 9. The zero-order valence-electron chi connectivity index (χ0n) is 16.8. The van der Waals surface area contributed by atoms with Crippen molar-refractivity contribution < 1.29 is 0 Å². The third kappa shape index (κ3) is 4.30. The summed E-state index contributed by atoms with van der Waals surface area (Å²) in [5.74, 6) is 1.63. The molecule has 0 unspecified atom stereocenters. The van der Waals surface area contributed by atoms with Crippen LogP contribution in [0.5, 0.6) is 0 Å². The van der Waals surface area contributed by atoms with Crippen LogP contribution in [0.15, 0.2) is 18.7 Å². The topological polar surface area (TPSA) is 82.5 Å². The molecule has 3 aromatic rings. The predicted octanol–water partition coefficient (Wildman–Crippen LogP) is 1.76. The summed E-state index contributed by atoms with van der Waals surface area (Å²) in [7, 11) is 1.98. The van der Waals surface area contributed by atoms with Crippen LogP contribution in [0.25, 0.3) is 11.5 Å². The van der Waals surface area contributed by atoms with Crippen molar-refractivity contribution in [1.82, 2.24) is 44.2 Å². The Morgan fingerprint density at radius 2 is 1.93 bits per heavy atom. The molecular formula is C19H29N9. The van der Waals surface area contributed by atoms with Crippen LogP contribution >= 0.6 is 0 Å². The zero-order valence-corrected chi connectivity index (χ0v) is 16.8. The molecule has 0 aliphatic carbocycles. The third-order valence-electron chi connectivity index (χ3n) is 5.23. The van der Waals surface area contributed by atoms with Crippen LogP contribution < -0.4 is 0 Å². The highest BCUT2D eigenvalue weighted by molar-refractivity contribution is 5.50. The van der Waals surface area contributed by atoms with Gasteiger partial charge in [-0.25, -0.2) is 19.3 Å². The second-order valence-electron chi connectivity index (χ2n) is 7.46. The van der Waals surface area contributed by atoms with E-state index in [2.05, 4.69) is 33.1 Å². The first-order chi connectivity index (χ1) is 13.7. The van der Waals surface area contributed by atoms with Crippen LogP contribution in [0.1, 0.15) is 44.1 Å². The Morgan fingerprint density at radius 1 is 1.07 bits per heavy atom. The maximum Gasteiger partial charge on any atom is 0.176 e. The van der Waals surface area contributed by atoms with Crippen LogP contribution in [0, 0.1) is 0 Å². The number of likely N-dealkylation sites (tertiary alicyclic amines) is 1. The molecule has 4 rings (SSSR count). The Morgan fingerprint density at radius 3 is 2.68 bits per heavy atom. The lowest BCUT2D eigenvalue weighted by Crippen LogP contribution is -2.33. The van der Waals surface area contributed by atoms with E-state index >= 15 is 0 Å². The molecular weight excluding hydrogens is 354 g/mol. The van der Waals surface area contributed by atoms with Gasteiger partial charge in [0.25, 0.3) is 0 Å². The van der Waals surface area contributed by atoms with E-state index < -0.39 is 0 Å². The molecule has 0 aromatic carbocycles. The molecule has 0 atom stereocenters. The van der Waals surface area contributed by atoms with Crippen molar-refractivity contribution in [3.8, 4) is 11.5 Å². The van der Waals surface area contributed by atoms with E-state index in [1.807, 2.05) is 16.4 Å². The molecule has 0 bridgehead atoms. The molecule has 0 amide bonds. The van der Waals surface area contributed by atoms with Gasteiger partial charge in [-0.15, -0.1) is 0 Å². The first kappa shape index (κ1) is 18.8. The van der Waals surface area contributed by atoms with Crippen molar-refractivity contribution in [1.29, 1.82) is 0 Å². The van der Waals surface area contributed by atoms with Crippen molar-refractivity contribution in [2.75, 3.05) is 19.6 Å². The van der Waals surface area contributed by atoms with E-state index in [4.69, 9.17) is 10.1 Å². The monoisotopic (exact) mass is 383 g/mol. The first-order valence-corrected chi connectivity index (χ1v) is 10.2. The second-order valence-corrected chi connectivity index (χ2v) is 7.46. The van der Waals surface area contributed by atoms with Gasteiger partial charge in [-0.1, -0.05) is 19.8 Å². The van der Waals surface area contributed by atoms with Gasteiger partial charge in [0, 0.05) is 13.6 Å². The van der Waals surface area contributed by atoms with Gasteiger partial charge >= 0.3 is 0 Å². The maximum absolute atomic E-state index is 4.84. The summed E-state index contributed by atoms with van der Waals surface area (Å²) in [6.45, 7) is 6.88. The highest BCUT2D eigenvalue weighted by Crippen LogP contribution is 2.20. The van der Waals surface area contributed by atoms with E-state index in [0.717, 1.165) is 49.0 Å². The smallest absolute Gasteiger partial charge is 0.176 e. The Bertz CT molecular complexity index is 871. The lowest BCUT2D eigenvalue weighted by Gasteiger charge is -2.26. The van der Waals surface area contributed by atoms with Crippen molar-refractivity contribution in [3.63, 3.8) is 0 Å². The van der Waals surface area contributed by atoms with Crippen molar-refractivity contribution in [2.24, 2.45) is 7.05 Å². The Labute approximate surface area is 165 Å². The second kappa shape index (κ2) is 8.64. The van der Waals surface area contributed by atoms with E-state index in [0.29, 0.717) is 6.54 Å². The van der Waals surface area contributed by atoms with Gasteiger partial charge in [-0.3, -0.25) is 4.68 Å². The molecule has 28 heavy (non-hydrogen) atoms. The summed E-state index contributed by atoms with van der Waals surface area (Å²) in [5, 5.41) is 13.6. The fourth-order valence-electron chi connectivity index (χ4n) is 3.79. The Balaban J connectivity index is 1.59. The summed E-state index contributed by atoms with van der Waals surface area (Å²) in [6.07, 6.45) is 9.22. The molecule has 0 saturated carbocycles. The fourth-order valence-corrected chi connectivity index (χ4v) is 3.79. The van der Waals surface area contributed by atoms with E-state index in [-0.39, 0.29) is 0 Å². The molecule has 0 N–H and O–H groups in total. The number of piperidine rings is 1. The number of rotatable bonds is 8. The van der Waals surface area contributed by atoms with Crippen LogP contribution in [-0.2, 0) is 26.6 Å². The summed E-state index contributed by atoms with van der Waals surface area (Å²) in [6, 6.07) is 2.14. The molecule has 3 aromatic heterocycles. The highest BCUT2D eigenvalue weighted by Gasteiger charge is 2.18. The minimum atomic E-state index is 0.517. The maximum atomic E-state index is 4.84. The molecule has 9 nitrogen and oxygen atoms in total. The minimum Gasteiger partial charge on any atom is -0.301 e. The van der Waals surface area contributed by atoms with E-state index in [1.165, 1.54) is 38.7 Å². The van der Waals surface area contributed by atoms with Gasteiger partial charge in [-0.05, 0) is 38.4 Å². The Kier molecular flexibility index (Phi) is 5.80. The third-order valence-corrected chi connectivity index (χ3v) is 5.23. The standard InChI is InChI=1S/C19H29N9/c1-3-7-16-12-17(25(2)23-16)19-22-18(13-27-15-20-14-21-27)24-28(19)11-10-26-8-5-4-6-9-26/h12,14-15H,3-11,13H2,1-2H3. The Hall–Kier alpha value is -2.55. The van der Waals surface area contributed by atoms with Gasteiger partial charge < -0.3 is 4.90 Å². The lowest BCUT2D eigenvalue weighted by molar-refractivity contribution is 0.218. The molecule has 150 valence electrons. The van der Waals surface area contributed by atoms with Crippen molar-refractivity contribution in [2.45, 2.75) is 52.1 Å². The van der Waals surface area contributed by atoms with Crippen LogP contribution in [0.4, 0.5) is 0 Å². The molecule has 1 fully saturated rings. The normalized spacial score (nSPS) is 15.4. The largest absolute Gasteiger partial charge is 0.301 e. The molecule has 4 heterocycles. The summed E-state index contributed by atoms with van der Waals surface area (Å²) in [5.41, 5.74) is 2.11. The van der Waals surface area contributed by atoms with Gasteiger partial charge in [0.2, 0.25) is 0 Å². The molecule has 1 aliphatic heterocycles. The van der Waals surface area contributed by atoms with Crippen LogP contribution in [-0.4, -0.2) is 63.8 Å². The lowest BCUT2D eigenvalue weighted by atomic mass is 10.1. The predicted molar refractivity (Wildman–Crippen MR) is 106 cm³/mol. The molecule has 1 saturated heterocycles. The van der Waals surface area contributed by atoms with Gasteiger partial charge in [0.1, 0.15) is 24.9 Å². The molecule has 0 radical (unpaired) electrons. The molecule has 9 heteroatoms. The quantitative estimate of drug-likeness (QED) is 0.589. The van der Waals surface area contributed by atoms with E-state index in [1.54, 1.807) is 11.0 Å². The van der Waals surface area contributed by atoms with Crippen LogP contribution in [0.3, 0.4) is 0 Å². The van der Waals surface area contributed by atoms with Gasteiger partial charge in [-0.2, -0.15) is 15.3 Å². The average molecular weight is 384 g/mol. The van der Waals surface area contributed by atoms with Crippen LogP contribution in [0.2, 0.25) is 0 Å². The average Bonchev–Trinajstić information content (AvgIpc) is 3.42. The summed E-state index contributed by atoms with van der Waals surface area (Å²) >= 11 is 0. The summed E-state index contributed by atoms with van der Waals surface area (Å²) < 4.78 is 5.71. The molecule has 1 aliphatic rings. The van der Waals surface area contributed by atoms with Gasteiger partial charge in [0.15, 0.2) is 11.6 Å². The number of aryl methyl sites for hydroxylation is 2.